The molecule has 0 saturated heterocycles. The SMILES string of the molecule is CC[Si](CC)=[Ti]([CH2]c1ccccc1)([CH2]c1cc(C)cc(C(C)(C)C)c1Oc1ccccc1)[C]1=C(C)C(C)=C(C)C1C. The average Bonchev–Trinajstić information content (AvgIpc) is 3.13. The molecule has 0 bridgehead atoms. The van der Waals surface area contributed by atoms with Crippen LogP contribution in [-0.4, -0.2) is 6.19 Å². The first kappa shape index (κ1) is 31.8. The summed E-state index contributed by atoms with van der Waals surface area (Å²) < 4.78 is 11.3. The summed E-state index contributed by atoms with van der Waals surface area (Å²) in [5.74, 6) is 2.58. The summed E-state index contributed by atoms with van der Waals surface area (Å²) in [7, 11) is 0. The van der Waals surface area contributed by atoms with Crippen molar-refractivity contribution in [1.29, 1.82) is 0 Å². The van der Waals surface area contributed by atoms with Gasteiger partial charge in [0.25, 0.3) is 0 Å². The normalized spacial score (nSPS) is 17.2. The number of aryl methyl sites for hydroxylation is 1. The third-order valence-electron chi connectivity index (χ3n) is 9.61. The van der Waals surface area contributed by atoms with E-state index in [2.05, 4.69) is 142 Å². The standard InChI is InChI=1S/C18H21O.C9H13.C7H7.C4H10Si.Ti/c1-13-11-14(2)17(16(12-13)18(3,4)5)19-15-9-7-6-8-10-15;1-6-5-7(2)9(4)8(6)3;1-7-5-3-2-4-6-7;1-3-5-4-2;/h6-12H,2H2,1,3-5H3;6H,1-4H3;2-6H,1H2;3-4H2,1-2H3;. The van der Waals surface area contributed by atoms with E-state index in [0.29, 0.717) is 5.92 Å². The molecule has 217 valence electrons. The maximum absolute atomic E-state index is 6.94. The van der Waals surface area contributed by atoms with E-state index >= 15 is 0 Å². The number of hydrogen-bond acceptors (Lipinski definition) is 1. The second-order valence-corrected chi connectivity index (χ2v) is 28.5. The van der Waals surface area contributed by atoms with Crippen molar-refractivity contribution in [2.24, 2.45) is 5.92 Å². The van der Waals surface area contributed by atoms with E-state index in [4.69, 9.17) is 4.74 Å². The first-order chi connectivity index (χ1) is 19.4. The second kappa shape index (κ2) is 13.0. The Morgan fingerprint density at radius 1 is 0.780 bits per heavy atom. The average molecular weight is 600 g/mol. The van der Waals surface area contributed by atoms with Gasteiger partial charge in [-0.25, -0.2) is 0 Å². The first-order valence-electron chi connectivity index (χ1n) is 15.6. The topological polar surface area (TPSA) is 9.23 Å². The van der Waals surface area contributed by atoms with Gasteiger partial charge in [0.2, 0.25) is 0 Å². The summed E-state index contributed by atoms with van der Waals surface area (Å²) in [5, 5.41) is 0. The molecule has 0 aromatic heterocycles. The summed E-state index contributed by atoms with van der Waals surface area (Å²) in [5.41, 5.74) is 10.4. The van der Waals surface area contributed by atoms with E-state index in [1.54, 1.807) is 16.7 Å². The van der Waals surface area contributed by atoms with E-state index in [9.17, 15) is 0 Å². The van der Waals surface area contributed by atoms with Crippen LogP contribution in [0.4, 0.5) is 0 Å². The van der Waals surface area contributed by atoms with Crippen LogP contribution in [0.1, 0.15) is 84.6 Å². The molecule has 0 radical (unpaired) electrons. The van der Waals surface area contributed by atoms with E-state index in [-0.39, 0.29) is 5.41 Å². The van der Waals surface area contributed by atoms with Crippen molar-refractivity contribution in [1.82, 2.24) is 0 Å². The van der Waals surface area contributed by atoms with Crippen LogP contribution in [0.5, 0.6) is 11.5 Å². The zero-order valence-corrected chi connectivity index (χ0v) is 29.8. The molecule has 0 fully saturated rings. The molecule has 1 aliphatic carbocycles. The minimum atomic E-state index is -2.83. The van der Waals surface area contributed by atoms with Gasteiger partial charge in [-0.3, -0.25) is 0 Å². The zero-order valence-electron chi connectivity index (χ0n) is 27.2. The quantitative estimate of drug-likeness (QED) is 0.222. The molecule has 0 spiro atoms. The minimum absolute atomic E-state index is 0.0200. The van der Waals surface area contributed by atoms with E-state index in [0.717, 1.165) is 11.5 Å². The Kier molecular flexibility index (Phi) is 10.1. The van der Waals surface area contributed by atoms with E-state index in [1.807, 2.05) is 3.88 Å². The number of ether oxygens (including phenoxy) is 1. The van der Waals surface area contributed by atoms with Gasteiger partial charge >= 0.3 is 256 Å². The van der Waals surface area contributed by atoms with Gasteiger partial charge in [-0.15, -0.1) is 0 Å². The monoisotopic (exact) mass is 599 g/mol. The van der Waals surface area contributed by atoms with Crippen LogP contribution in [0.25, 0.3) is 0 Å². The van der Waals surface area contributed by atoms with Crippen molar-refractivity contribution in [3.8, 4) is 11.5 Å². The molecule has 0 amide bonds. The van der Waals surface area contributed by atoms with Crippen LogP contribution in [-0.2, 0) is 30.2 Å². The molecule has 2 unspecified atom stereocenters. The third-order valence-corrected chi connectivity index (χ3v) is 30.9. The predicted octanol–water partition coefficient (Wildman–Crippen LogP) is 11.2. The molecule has 41 heavy (non-hydrogen) atoms. The Morgan fingerprint density at radius 2 is 1.37 bits per heavy atom. The Morgan fingerprint density at radius 3 is 1.88 bits per heavy atom. The summed E-state index contributed by atoms with van der Waals surface area (Å²) >= 11 is -2.83. The third kappa shape index (κ3) is 6.61. The molecule has 3 heteroatoms. The van der Waals surface area contributed by atoms with Gasteiger partial charge in [0.15, 0.2) is 0 Å². The molecule has 2 atom stereocenters. The number of allylic oxidation sites excluding steroid dienone is 4. The van der Waals surface area contributed by atoms with Gasteiger partial charge in [-0.1, -0.05) is 0 Å². The van der Waals surface area contributed by atoms with Crippen LogP contribution in [0.15, 0.2) is 93.4 Å². The molecule has 0 aliphatic heterocycles. The molecular weight excluding hydrogens is 548 g/mol. The number of rotatable bonds is 9. The fourth-order valence-corrected chi connectivity index (χ4v) is 30.5. The first-order valence-corrected chi connectivity index (χ1v) is 22.8. The van der Waals surface area contributed by atoms with Crippen molar-refractivity contribution in [3.05, 3.63) is 116 Å². The molecule has 1 nitrogen and oxygen atoms in total. The number of benzene rings is 3. The molecule has 0 heterocycles. The predicted molar refractivity (Wildman–Crippen MR) is 177 cm³/mol. The molecule has 3 aromatic rings. The summed E-state index contributed by atoms with van der Waals surface area (Å²) in [6.07, 6.45) is -0.612. The molecule has 0 saturated carbocycles. The van der Waals surface area contributed by atoms with Crippen LogP contribution in [0, 0.1) is 12.8 Å². The van der Waals surface area contributed by atoms with Crippen molar-refractivity contribution >= 4 is 6.19 Å². The van der Waals surface area contributed by atoms with Gasteiger partial charge in [-0.2, -0.15) is 0 Å². The number of hydrogen-bond donors (Lipinski definition) is 0. The molecule has 3 aromatic carbocycles. The van der Waals surface area contributed by atoms with Crippen LogP contribution in [0.3, 0.4) is 0 Å². The molecule has 1 aliphatic rings. The van der Waals surface area contributed by atoms with Gasteiger partial charge in [0.05, 0.1) is 0 Å². The fraction of sp³-hybridized carbons (Fsp3) is 0.421. The Labute approximate surface area is 254 Å². The van der Waals surface area contributed by atoms with Crippen molar-refractivity contribution in [3.63, 3.8) is 0 Å². The maximum atomic E-state index is 6.94. The van der Waals surface area contributed by atoms with Crippen molar-refractivity contribution in [2.45, 2.75) is 96.2 Å². The second-order valence-electron chi connectivity index (χ2n) is 13.3. The van der Waals surface area contributed by atoms with E-state index < -0.39 is 21.5 Å². The molecular formula is C38H51OSiTi. The van der Waals surface area contributed by atoms with Crippen molar-refractivity contribution < 1.29 is 20.1 Å². The molecule has 4 rings (SSSR count). The Balaban J connectivity index is 2.07. The van der Waals surface area contributed by atoms with Gasteiger partial charge in [0.1, 0.15) is 0 Å². The van der Waals surface area contributed by atoms with Gasteiger partial charge < -0.3 is 0 Å². The Bertz CT molecular complexity index is 1500. The van der Waals surface area contributed by atoms with Crippen LogP contribution >= 0.6 is 0 Å². The van der Waals surface area contributed by atoms with E-state index in [1.165, 1.54) is 43.8 Å². The summed E-state index contributed by atoms with van der Waals surface area (Å²) in [6.45, 7) is 24.0. The number of para-hydroxylation sites is 1. The molecule has 0 N–H and O–H groups in total. The summed E-state index contributed by atoms with van der Waals surface area (Å²) in [4.78, 5) is 0. The summed E-state index contributed by atoms with van der Waals surface area (Å²) in [6, 6.07) is 29.4. The Hall–Kier alpha value is -2.13. The van der Waals surface area contributed by atoms with Crippen LogP contribution < -0.4 is 4.74 Å². The fourth-order valence-electron chi connectivity index (χ4n) is 7.29. The van der Waals surface area contributed by atoms with Gasteiger partial charge in [0, 0.05) is 0 Å². The van der Waals surface area contributed by atoms with Crippen molar-refractivity contribution in [2.75, 3.05) is 0 Å². The van der Waals surface area contributed by atoms with Crippen LogP contribution in [0.2, 0.25) is 12.1 Å². The zero-order chi connectivity index (χ0) is 29.9. The van der Waals surface area contributed by atoms with Gasteiger partial charge in [-0.05, 0) is 0 Å².